The number of carbonyl (C=O) groups is 1. The first-order valence-electron chi connectivity index (χ1n) is 11.7. The van der Waals surface area contributed by atoms with Gasteiger partial charge in [0.25, 0.3) is 0 Å². The van der Waals surface area contributed by atoms with Gasteiger partial charge in [-0.15, -0.1) is 0 Å². The van der Waals surface area contributed by atoms with Crippen molar-refractivity contribution in [2.75, 3.05) is 28.6 Å². The van der Waals surface area contributed by atoms with Crippen LogP contribution in [0.5, 0.6) is 0 Å². The van der Waals surface area contributed by atoms with Crippen LogP contribution in [0.15, 0.2) is 79.6 Å². The van der Waals surface area contributed by atoms with Crippen LogP contribution in [0.1, 0.15) is 18.4 Å². The Hall–Kier alpha value is -4.06. The molecule has 34 heavy (non-hydrogen) atoms. The van der Waals surface area contributed by atoms with Crippen LogP contribution in [-0.4, -0.2) is 28.5 Å². The lowest BCUT2D eigenvalue weighted by molar-refractivity contribution is -0.111. The number of carbonyl (C=O) groups excluding carboxylic acids is 1. The summed E-state index contributed by atoms with van der Waals surface area (Å²) in [6, 6.07) is 18.8. The van der Waals surface area contributed by atoms with E-state index in [0.29, 0.717) is 6.54 Å². The van der Waals surface area contributed by atoms with Gasteiger partial charge in [-0.3, -0.25) is 4.79 Å². The fourth-order valence-corrected chi connectivity index (χ4v) is 4.67. The summed E-state index contributed by atoms with van der Waals surface area (Å²) in [5.74, 6) is 0.612. The van der Waals surface area contributed by atoms with Crippen LogP contribution in [0.2, 0.25) is 0 Å². The molecule has 172 valence electrons. The van der Waals surface area contributed by atoms with E-state index in [0.717, 1.165) is 41.4 Å². The molecule has 3 heterocycles. The lowest BCUT2D eigenvalue weighted by Crippen LogP contribution is -2.20. The second-order valence-electron chi connectivity index (χ2n) is 8.69. The Labute approximate surface area is 199 Å². The smallest absolute Gasteiger partial charge is 0.247 e. The van der Waals surface area contributed by atoms with Crippen LogP contribution in [0.25, 0.3) is 22.0 Å². The molecule has 0 aliphatic carbocycles. The highest BCUT2D eigenvalue weighted by molar-refractivity contribution is 6.01. The van der Waals surface area contributed by atoms with E-state index in [1.165, 1.54) is 35.4 Å². The largest absolute Gasteiger partial charge is 0.370 e. The normalized spacial score (nSPS) is 13.3. The van der Waals surface area contributed by atoms with E-state index in [9.17, 15) is 4.79 Å². The lowest BCUT2D eigenvalue weighted by Gasteiger charge is -2.22. The molecule has 1 fully saturated rings. The molecule has 0 unspecified atom stereocenters. The average molecular weight is 452 g/mol. The van der Waals surface area contributed by atoms with Gasteiger partial charge in [-0.1, -0.05) is 30.8 Å². The minimum absolute atomic E-state index is 0.199. The third kappa shape index (κ3) is 4.39. The maximum atomic E-state index is 12.0. The van der Waals surface area contributed by atoms with E-state index in [2.05, 4.69) is 87.4 Å². The van der Waals surface area contributed by atoms with Gasteiger partial charge in [0.1, 0.15) is 5.82 Å². The highest BCUT2D eigenvalue weighted by Gasteiger charge is 2.17. The molecule has 2 aromatic heterocycles. The zero-order valence-corrected chi connectivity index (χ0v) is 19.4. The Morgan fingerprint density at radius 1 is 1.12 bits per heavy atom. The van der Waals surface area contributed by atoms with Crippen LogP contribution in [0.4, 0.5) is 17.2 Å². The number of benzene rings is 2. The summed E-state index contributed by atoms with van der Waals surface area (Å²) in [5, 5.41) is 7.65. The quantitative estimate of drug-likeness (QED) is 0.360. The van der Waals surface area contributed by atoms with Crippen molar-refractivity contribution in [1.29, 1.82) is 0 Å². The molecule has 0 bridgehead atoms. The highest BCUT2D eigenvalue weighted by Crippen LogP contribution is 2.32. The maximum Gasteiger partial charge on any atom is 0.247 e. The molecular formula is C28H29N5O. The first-order chi connectivity index (χ1) is 16.6. The molecule has 6 nitrogen and oxygen atoms in total. The number of rotatable bonds is 7. The Balaban J connectivity index is 1.37. The topological polar surface area (TPSA) is 62.2 Å². The van der Waals surface area contributed by atoms with Gasteiger partial charge in [-0.2, -0.15) is 0 Å². The van der Waals surface area contributed by atoms with Crippen molar-refractivity contribution in [3.8, 4) is 11.1 Å². The minimum Gasteiger partial charge on any atom is -0.370 e. The molecule has 1 aliphatic heterocycles. The number of fused-ring (bicyclic) bond motifs is 1. The number of aromatic nitrogens is 2. The van der Waals surface area contributed by atoms with Crippen LogP contribution in [0.3, 0.4) is 0 Å². The fourth-order valence-electron chi connectivity index (χ4n) is 4.67. The summed E-state index contributed by atoms with van der Waals surface area (Å²) in [6.45, 7) is 6.22. The highest BCUT2D eigenvalue weighted by atomic mass is 16.1. The molecule has 0 atom stereocenters. The molecule has 4 aromatic rings. The molecule has 2 N–H and O–H groups in total. The van der Waals surface area contributed by atoms with Crippen LogP contribution < -0.4 is 15.5 Å². The summed E-state index contributed by atoms with van der Waals surface area (Å²) in [5.41, 5.74) is 6.47. The molecule has 5 rings (SSSR count). The number of hydrogen-bond acceptors (Lipinski definition) is 4. The van der Waals surface area contributed by atoms with Gasteiger partial charge in [0.2, 0.25) is 5.91 Å². The zero-order valence-electron chi connectivity index (χ0n) is 19.4. The van der Waals surface area contributed by atoms with Crippen molar-refractivity contribution in [3.05, 3.63) is 85.2 Å². The average Bonchev–Trinajstić information content (AvgIpc) is 3.52. The fraction of sp³-hybridized carbons (Fsp3) is 0.214. The van der Waals surface area contributed by atoms with Gasteiger partial charge in [0, 0.05) is 55.5 Å². The van der Waals surface area contributed by atoms with E-state index in [-0.39, 0.29) is 5.91 Å². The Morgan fingerprint density at radius 2 is 1.94 bits per heavy atom. The minimum atomic E-state index is -0.199. The van der Waals surface area contributed by atoms with E-state index in [4.69, 9.17) is 0 Å². The van der Waals surface area contributed by atoms with Crippen molar-refractivity contribution < 1.29 is 4.79 Å². The predicted molar refractivity (Wildman–Crippen MR) is 140 cm³/mol. The van der Waals surface area contributed by atoms with Crippen molar-refractivity contribution in [1.82, 2.24) is 9.55 Å². The van der Waals surface area contributed by atoms with Gasteiger partial charge in [-0.25, -0.2) is 4.98 Å². The van der Waals surface area contributed by atoms with E-state index < -0.39 is 0 Å². The summed E-state index contributed by atoms with van der Waals surface area (Å²) in [4.78, 5) is 18.9. The molecule has 1 aliphatic rings. The molecule has 0 radical (unpaired) electrons. The molecule has 1 amide bonds. The van der Waals surface area contributed by atoms with Crippen molar-refractivity contribution >= 4 is 34.0 Å². The summed E-state index contributed by atoms with van der Waals surface area (Å²) in [6.07, 6.45) is 7.66. The molecular weight excluding hydrogens is 422 g/mol. The molecule has 6 heteroatoms. The predicted octanol–water partition coefficient (Wildman–Crippen LogP) is 5.58. The van der Waals surface area contributed by atoms with Gasteiger partial charge in [-0.05, 0) is 60.4 Å². The van der Waals surface area contributed by atoms with E-state index in [1.807, 2.05) is 18.3 Å². The second kappa shape index (κ2) is 9.43. The van der Waals surface area contributed by atoms with E-state index in [1.54, 1.807) is 0 Å². The van der Waals surface area contributed by atoms with Gasteiger partial charge >= 0.3 is 0 Å². The molecule has 0 saturated carbocycles. The number of nitrogens with one attached hydrogen (secondary N) is 2. The van der Waals surface area contributed by atoms with Crippen LogP contribution in [0, 0.1) is 0 Å². The van der Waals surface area contributed by atoms with Crippen LogP contribution >= 0.6 is 0 Å². The lowest BCUT2D eigenvalue weighted by atomic mass is 10.1. The van der Waals surface area contributed by atoms with Crippen molar-refractivity contribution in [2.24, 2.45) is 7.05 Å². The Morgan fingerprint density at radius 3 is 2.76 bits per heavy atom. The standard InChI is InChI=1S/C28H29N5O/c1-3-28(34)31-24-16-20(10-11-26(24)33-14-6-7-15-33)18-30-27-17-21(12-13-29-27)23-19-32(2)25-9-5-4-8-22(23)25/h3-5,8-13,16-17,19H,1,6-7,14-15,18H2,2H3,(H,29,30)(H,31,34). The summed E-state index contributed by atoms with van der Waals surface area (Å²) >= 11 is 0. The monoisotopic (exact) mass is 451 g/mol. The third-order valence-electron chi connectivity index (χ3n) is 6.39. The van der Waals surface area contributed by atoms with Gasteiger partial charge in [0.05, 0.1) is 11.4 Å². The van der Waals surface area contributed by atoms with Gasteiger partial charge < -0.3 is 20.1 Å². The number of hydrogen-bond donors (Lipinski definition) is 2. The summed E-state index contributed by atoms with van der Waals surface area (Å²) in [7, 11) is 2.07. The van der Waals surface area contributed by atoms with Gasteiger partial charge in [0.15, 0.2) is 0 Å². The first kappa shape index (κ1) is 21.8. The number of para-hydroxylation sites is 1. The SMILES string of the molecule is C=CC(=O)Nc1cc(CNc2cc(-c3cn(C)c4ccccc34)ccn2)ccc1N1CCCC1. The van der Waals surface area contributed by atoms with Crippen molar-refractivity contribution in [3.63, 3.8) is 0 Å². The maximum absolute atomic E-state index is 12.0. The molecule has 1 saturated heterocycles. The number of anilines is 3. The zero-order chi connectivity index (χ0) is 23.5. The Bertz CT molecular complexity index is 1350. The summed E-state index contributed by atoms with van der Waals surface area (Å²) < 4.78 is 2.15. The van der Waals surface area contributed by atoms with Crippen LogP contribution in [-0.2, 0) is 18.4 Å². The number of amides is 1. The van der Waals surface area contributed by atoms with Crippen molar-refractivity contribution in [2.45, 2.75) is 19.4 Å². The molecule has 2 aromatic carbocycles. The first-order valence-corrected chi connectivity index (χ1v) is 11.7. The molecule has 0 spiro atoms. The second-order valence-corrected chi connectivity index (χ2v) is 8.69. The number of pyridine rings is 1. The Kier molecular flexibility index (Phi) is 6.04. The van der Waals surface area contributed by atoms with E-state index >= 15 is 0 Å². The number of aryl methyl sites for hydroxylation is 1. The number of nitrogens with zero attached hydrogens (tertiary/aromatic N) is 3. The third-order valence-corrected chi connectivity index (χ3v) is 6.39.